The Bertz CT molecular complexity index is 776. The van der Waals surface area contributed by atoms with Crippen LogP contribution in [0.3, 0.4) is 0 Å². The highest BCUT2D eigenvalue weighted by molar-refractivity contribution is 9.10. The number of anilines is 1. The third kappa shape index (κ3) is 3.22. The summed E-state index contributed by atoms with van der Waals surface area (Å²) in [7, 11) is 0. The van der Waals surface area contributed by atoms with Gasteiger partial charge >= 0.3 is 0 Å². The highest BCUT2D eigenvalue weighted by Crippen LogP contribution is 2.41. The van der Waals surface area contributed by atoms with E-state index in [1.165, 1.54) is 4.90 Å². The molecule has 4 nitrogen and oxygen atoms in total. The Labute approximate surface area is 149 Å². The lowest BCUT2D eigenvalue weighted by Crippen LogP contribution is -2.41. The van der Waals surface area contributed by atoms with Gasteiger partial charge in [0.1, 0.15) is 6.54 Å². The minimum absolute atomic E-state index is 0.0762. The first-order valence-electron chi connectivity index (χ1n) is 7.86. The number of primary amides is 1. The maximum atomic E-state index is 12.8. The number of rotatable bonds is 3. The fourth-order valence-corrected chi connectivity index (χ4v) is 3.86. The van der Waals surface area contributed by atoms with Crippen LogP contribution in [0.5, 0.6) is 0 Å². The fourth-order valence-electron chi connectivity index (χ4n) is 3.24. The molecule has 5 heteroatoms. The van der Waals surface area contributed by atoms with Gasteiger partial charge in [-0.1, -0.05) is 64.0 Å². The number of benzene rings is 2. The first-order chi connectivity index (χ1) is 11.5. The third-order valence-electron chi connectivity index (χ3n) is 4.34. The van der Waals surface area contributed by atoms with Gasteiger partial charge in [-0.15, -0.1) is 0 Å². The van der Waals surface area contributed by atoms with Crippen LogP contribution in [0.25, 0.3) is 0 Å². The second-order valence-corrected chi connectivity index (χ2v) is 7.22. The van der Waals surface area contributed by atoms with Gasteiger partial charge in [-0.25, -0.2) is 0 Å². The number of amides is 2. The Hall–Kier alpha value is -2.14. The summed E-state index contributed by atoms with van der Waals surface area (Å²) < 4.78 is 0. The predicted molar refractivity (Wildman–Crippen MR) is 98.3 cm³/mol. The maximum Gasteiger partial charge on any atom is 0.241 e. The van der Waals surface area contributed by atoms with Crippen molar-refractivity contribution >= 4 is 33.4 Å². The molecule has 24 heavy (non-hydrogen) atoms. The number of nitrogens with zero attached hydrogens (tertiary/aromatic N) is 1. The van der Waals surface area contributed by atoms with Gasteiger partial charge in [-0.05, 0) is 30.5 Å². The van der Waals surface area contributed by atoms with Crippen molar-refractivity contribution in [3.05, 3.63) is 65.2 Å². The molecule has 2 amide bonds. The average Bonchev–Trinajstić information content (AvgIpc) is 2.66. The number of alkyl halides is 1. The molecule has 0 aliphatic carbocycles. The van der Waals surface area contributed by atoms with Crippen molar-refractivity contribution in [1.82, 2.24) is 0 Å². The van der Waals surface area contributed by atoms with Crippen LogP contribution >= 0.6 is 15.9 Å². The van der Waals surface area contributed by atoms with E-state index < -0.39 is 5.91 Å². The maximum absolute atomic E-state index is 12.8. The van der Waals surface area contributed by atoms with Crippen LogP contribution in [-0.4, -0.2) is 23.2 Å². The molecule has 2 aromatic carbocycles. The van der Waals surface area contributed by atoms with Gasteiger partial charge in [0.15, 0.2) is 0 Å². The summed E-state index contributed by atoms with van der Waals surface area (Å²) >= 11 is 3.51. The Balaban J connectivity index is 2.17. The molecular weight excluding hydrogens is 368 g/mol. The zero-order valence-corrected chi connectivity index (χ0v) is 15.0. The predicted octanol–water partition coefficient (Wildman–Crippen LogP) is 3.11. The average molecular weight is 387 g/mol. The molecule has 124 valence electrons. The van der Waals surface area contributed by atoms with Gasteiger partial charge in [0.2, 0.25) is 11.8 Å². The van der Waals surface area contributed by atoms with E-state index >= 15 is 0 Å². The van der Waals surface area contributed by atoms with Crippen molar-refractivity contribution in [2.45, 2.75) is 24.1 Å². The number of carbonyl (C=O) groups is 2. The molecule has 0 saturated carbocycles. The number of aryl methyl sites for hydroxylation is 1. The fraction of sp³-hybridized carbons (Fsp3) is 0.263. The molecule has 2 atom stereocenters. The highest BCUT2D eigenvalue weighted by atomic mass is 79.9. The summed E-state index contributed by atoms with van der Waals surface area (Å²) in [6.45, 7) is 1.91. The van der Waals surface area contributed by atoms with Crippen LogP contribution in [0.15, 0.2) is 48.5 Å². The summed E-state index contributed by atoms with van der Waals surface area (Å²) in [5, 5.41) is 0. The molecule has 0 radical (unpaired) electrons. The molecule has 0 spiro atoms. The number of hydrogen-bond donors (Lipinski definition) is 1. The van der Waals surface area contributed by atoms with Crippen molar-refractivity contribution in [3.8, 4) is 0 Å². The lowest BCUT2D eigenvalue weighted by molar-refractivity contribution is -0.122. The second kappa shape index (κ2) is 6.77. The smallest absolute Gasteiger partial charge is 0.241 e. The number of halogens is 1. The Kier molecular flexibility index (Phi) is 4.71. The molecule has 0 bridgehead atoms. The normalized spacial score (nSPS) is 20.4. The minimum Gasteiger partial charge on any atom is -0.368 e. The summed E-state index contributed by atoms with van der Waals surface area (Å²) in [6.07, 6.45) is 0.633. The van der Waals surface area contributed by atoms with Gasteiger partial charge in [0.25, 0.3) is 0 Å². The second-order valence-electron chi connectivity index (χ2n) is 6.12. The third-order valence-corrected chi connectivity index (χ3v) is 5.11. The van der Waals surface area contributed by atoms with Crippen molar-refractivity contribution < 1.29 is 9.59 Å². The van der Waals surface area contributed by atoms with Crippen LogP contribution < -0.4 is 10.6 Å². The lowest BCUT2D eigenvalue weighted by Gasteiger charge is -2.24. The Morgan fingerprint density at radius 2 is 1.96 bits per heavy atom. The molecule has 0 aromatic heterocycles. The Morgan fingerprint density at radius 1 is 1.25 bits per heavy atom. The quantitative estimate of drug-likeness (QED) is 0.823. The number of nitrogens with two attached hydrogens (primary N) is 1. The molecule has 2 N–H and O–H groups in total. The lowest BCUT2D eigenvalue weighted by atomic mass is 9.86. The van der Waals surface area contributed by atoms with Crippen molar-refractivity contribution in [2.75, 3.05) is 11.4 Å². The molecule has 1 aliphatic rings. The number of fused-ring (bicyclic) bond motifs is 1. The molecule has 2 unspecified atom stereocenters. The van der Waals surface area contributed by atoms with Crippen molar-refractivity contribution in [3.63, 3.8) is 0 Å². The molecule has 0 fully saturated rings. The van der Waals surface area contributed by atoms with Crippen LogP contribution in [0.1, 0.15) is 29.0 Å². The van der Waals surface area contributed by atoms with Crippen LogP contribution in [0.2, 0.25) is 0 Å². The minimum atomic E-state index is -0.521. The van der Waals surface area contributed by atoms with Gasteiger partial charge in [-0.2, -0.15) is 0 Å². The van der Waals surface area contributed by atoms with Crippen molar-refractivity contribution in [2.24, 2.45) is 5.73 Å². The molecule has 1 aliphatic heterocycles. The van der Waals surface area contributed by atoms with E-state index in [0.717, 1.165) is 22.4 Å². The zero-order valence-electron chi connectivity index (χ0n) is 13.4. The molecule has 3 rings (SSSR count). The van der Waals surface area contributed by atoms with Crippen LogP contribution in [0.4, 0.5) is 5.69 Å². The van der Waals surface area contributed by atoms with E-state index in [4.69, 9.17) is 5.73 Å². The van der Waals surface area contributed by atoms with E-state index in [0.29, 0.717) is 6.42 Å². The van der Waals surface area contributed by atoms with E-state index in [1.54, 1.807) is 0 Å². The van der Waals surface area contributed by atoms with Gasteiger partial charge in [0, 0.05) is 11.6 Å². The summed E-state index contributed by atoms with van der Waals surface area (Å²) in [5.74, 6) is -0.572. The monoisotopic (exact) mass is 386 g/mol. The van der Waals surface area contributed by atoms with Crippen LogP contribution in [-0.2, 0) is 9.59 Å². The van der Waals surface area contributed by atoms with Gasteiger partial charge in [-0.3, -0.25) is 9.59 Å². The molecule has 0 saturated heterocycles. The largest absolute Gasteiger partial charge is 0.368 e. The summed E-state index contributed by atoms with van der Waals surface area (Å²) in [5.41, 5.74) is 9.46. The van der Waals surface area contributed by atoms with E-state index in [1.807, 2.05) is 37.3 Å². The molecule has 2 aromatic rings. The SMILES string of the molecule is Cc1ccc2c(c1)C(c1ccccc1)CC(Br)C(=O)N2CC(N)=O. The highest BCUT2D eigenvalue weighted by Gasteiger charge is 2.34. The summed E-state index contributed by atoms with van der Waals surface area (Å²) in [6, 6.07) is 16.1. The van der Waals surface area contributed by atoms with E-state index in [2.05, 4.69) is 34.1 Å². The first-order valence-corrected chi connectivity index (χ1v) is 8.78. The zero-order chi connectivity index (χ0) is 17.3. The van der Waals surface area contributed by atoms with E-state index in [9.17, 15) is 9.59 Å². The number of hydrogen-bond acceptors (Lipinski definition) is 2. The first kappa shape index (κ1) is 16.7. The van der Waals surface area contributed by atoms with Crippen LogP contribution in [0, 0.1) is 6.92 Å². The topological polar surface area (TPSA) is 63.4 Å². The van der Waals surface area contributed by atoms with Gasteiger partial charge < -0.3 is 10.6 Å². The van der Waals surface area contributed by atoms with Crippen molar-refractivity contribution in [1.29, 1.82) is 0 Å². The molecule has 1 heterocycles. The van der Waals surface area contributed by atoms with Gasteiger partial charge in [0.05, 0.1) is 4.83 Å². The Morgan fingerprint density at radius 3 is 2.62 bits per heavy atom. The standard InChI is InChI=1S/C19H19BrN2O2/c1-12-7-8-17-15(9-12)14(13-5-3-2-4-6-13)10-16(20)19(24)22(17)11-18(21)23/h2-9,14,16H,10-11H2,1H3,(H2,21,23). The summed E-state index contributed by atoms with van der Waals surface area (Å²) in [4.78, 5) is 25.4. The molecular formula is C19H19BrN2O2. The number of carbonyl (C=O) groups excluding carboxylic acids is 2. The van der Waals surface area contributed by atoms with E-state index in [-0.39, 0.29) is 23.2 Å².